The molecule has 0 spiro atoms. The number of ether oxygens (including phenoxy) is 6. The Morgan fingerprint density at radius 2 is 0.915 bits per heavy atom. The molecule has 2 aromatic heterocycles. The molecule has 6 aromatic carbocycles. The van der Waals surface area contributed by atoms with Crippen molar-refractivity contribution in [1.82, 2.24) is 9.97 Å². The molecular formula is C68H78N4O10. The minimum atomic E-state index is -0.471. The standard InChI is InChI=1S/2C33H36N2O5.C2H6/c1-21-16-23(9-13-29(21)39-6)26-11-8-22(17-28(26)32(37)40-7)20-35(30(36)19-33(2,3)4)31-27-12-10-25(38-5)18-24(27)14-15-34-31;1-21-16-22(10-13-29(21)39-6)23-8-9-25(28(18-23)32(37)40-7)20-35(30(36)19-33(2,3)4)31-27-12-11-26(38-5)17-24(27)14-15-34-31;1-2/h2*8-18H,19-20H2,1-7H3;1-2H3. The molecule has 0 N–H and O–H groups in total. The molecule has 0 aliphatic heterocycles. The van der Waals surface area contributed by atoms with Crippen LogP contribution in [-0.2, 0) is 32.2 Å². The van der Waals surface area contributed by atoms with E-state index in [1.807, 2.05) is 184 Å². The van der Waals surface area contributed by atoms with E-state index in [1.54, 1.807) is 56.7 Å². The Hall–Kier alpha value is -8.78. The molecular weight excluding hydrogens is 1030 g/mol. The zero-order valence-corrected chi connectivity index (χ0v) is 50.4. The average Bonchev–Trinajstić information content (AvgIpc) is 3.67. The Bertz CT molecular complexity index is 3580. The van der Waals surface area contributed by atoms with Crippen LogP contribution >= 0.6 is 0 Å². The third kappa shape index (κ3) is 15.4. The van der Waals surface area contributed by atoms with Gasteiger partial charge < -0.3 is 28.4 Å². The Labute approximate surface area is 483 Å². The molecule has 0 radical (unpaired) electrons. The van der Waals surface area contributed by atoms with Crippen LogP contribution in [0.2, 0.25) is 0 Å². The third-order valence-corrected chi connectivity index (χ3v) is 13.5. The summed E-state index contributed by atoms with van der Waals surface area (Å²) in [6.45, 7) is 20.5. The van der Waals surface area contributed by atoms with Gasteiger partial charge in [-0.3, -0.25) is 19.4 Å². The fourth-order valence-corrected chi connectivity index (χ4v) is 9.50. The largest absolute Gasteiger partial charge is 0.497 e. The van der Waals surface area contributed by atoms with E-state index in [0.717, 1.165) is 83.5 Å². The Balaban J connectivity index is 0.000000256. The maximum Gasteiger partial charge on any atom is 0.338 e. The van der Waals surface area contributed by atoms with Crippen molar-refractivity contribution in [2.45, 2.75) is 95.2 Å². The second-order valence-corrected chi connectivity index (χ2v) is 22.0. The van der Waals surface area contributed by atoms with Crippen molar-refractivity contribution in [3.05, 3.63) is 167 Å². The van der Waals surface area contributed by atoms with Crippen LogP contribution in [0.15, 0.2) is 134 Å². The van der Waals surface area contributed by atoms with Gasteiger partial charge in [-0.15, -0.1) is 0 Å². The SMILES string of the molecule is CC.COC(=O)c1cc(-c2ccc(OC)c(C)c2)ccc1CN(C(=O)CC(C)(C)C)c1nccc2cc(OC)ccc12.COC(=O)c1cc(CN(C(=O)CC(C)(C)C)c2nccc3cc(OC)ccc23)ccc1-c1ccc(OC)c(C)c1. The molecule has 0 fully saturated rings. The predicted molar refractivity (Wildman–Crippen MR) is 327 cm³/mol. The van der Waals surface area contributed by atoms with Gasteiger partial charge in [-0.05, 0) is 165 Å². The molecule has 82 heavy (non-hydrogen) atoms. The molecule has 0 saturated heterocycles. The molecule has 0 aliphatic rings. The van der Waals surface area contributed by atoms with Crippen LogP contribution in [0, 0.1) is 24.7 Å². The number of fused-ring (bicyclic) bond motifs is 2. The zero-order valence-electron chi connectivity index (χ0n) is 50.4. The number of methoxy groups -OCH3 is 6. The van der Waals surface area contributed by atoms with Crippen molar-refractivity contribution >= 4 is 56.9 Å². The number of hydrogen-bond donors (Lipinski definition) is 0. The van der Waals surface area contributed by atoms with Gasteiger partial charge in [0, 0.05) is 36.0 Å². The van der Waals surface area contributed by atoms with Crippen LogP contribution in [0.1, 0.15) is 111 Å². The highest BCUT2D eigenvalue weighted by atomic mass is 16.5. The molecule has 430 valence electrons. The summed E-state index contributed by atoms with van der Waals surface area (Å²) in [6.07, 6.45) is 4.01. The van der Waals surface area contributed by atoms with Crippen LogP contribution in [0.4, 0.5) is 11.6 Å². The van der Waals surface area contributed by atoms with Crippen molar-refractivity contribution in [3.63, 3.8) is 0 Å². The van der Waals surface area contributed by atoms with Gasteiger partial charge in [-0.2, -0.15) is 0 Å². The number of nitrogens with zero attached hydrogens (tertiary/aromatic N) is 4. The number of anilines is 2. The number of esters is 2. The van der Waals surface area contributed by atoms with E-state index in [2.05, 4.69) is 9.97 Å². The minimum absolute atomic E-state index is 0.0576. The smallest absolute Gasteiger partial charge is 0.338 e. The molecule has 8 aromatic rings. The lowest BCUT2D eigenvalue weighted by Crippen LogP contribution is -2.34. The highest BCUT2D eigenvalue weighted by Crippen LogP contribution is 2.36. The summed E-state index contributed by atoms with van der Waals surface area (Å²) in [7, 11) is 9.24. The second kappa shape index (κ2) is 27.6. The Morgan fingerprint density at radius 3 is 1.38 bits per heavy atom. The maximum atomic E-state index is 13.8. The fourth-order valence-electron chi connectivity index (χ4n) is 9.50. The van der Waals surface area contributed by atoms with Gasteiger partial charge >= 0.3 is 11.9 Å². The Kier molecular flexibility index (Phi) is 21.0. The van der Waals surface area contributed by atoms with Crippen LogP contribution in [0.3, 0.4) is 0 Å². The molecule has 0 atom stereocenters. The molecule has 0 unspecified atom stereocenters. The highest BCUT2D eigenvalue weighted by Gasteiger charge is 2.29. The van der Waals surface area contributed by atoms with E-state index in [9.17, 15) is 19.2 Å². The number of amides is 2. The number of pyridine rings is 2. The monoisotopic (exact) mass is 1110 g/mol. The van der Waals surface area contributed by atoms with E-state index in [1.165, 1.54) is 14.2 Å². The van der Waals surface area contributed by atoms with E-state index >= 15 is 0 Å². The summed E-state index contributed by atoms with van der Waals surface area (Å²) in [5.74, 6) is 3.03. The number of carbonyl (C=O) groups is 4. The van der Waals surface area contributed by atoms with E-state index in [0.29, 0.717) is 41.2 Å². The quantitative estimate of drug-likeness (QED) is 0.0845. The minimum Gasteiger partial charge on any atom is -0.497 e. The summed E-state index contributed by atoms with van der Waals surface area (Å²) in [4.78, 5) is 66.1. The first-order valence-corrected chi connectivity index (χ1v) is 27.3. The van der Waals surface area contributed by atoms with Crippen molar-refractivity contribution in [2.24, 2.45) is 10.8 Å². The van der Waals surface area contributed by atoms with Crippen molar-refractivity contribution in [3.8, 4) is 45.3 Å². The number of rotatable bonds is 16. The first kappa shape index (κ1) is 62.4. The molecule has 2 amide bonds. The normalized spacial score (nSPS) is 11.1. The van der Waals surface area contributed by atoms with Gasteiger partial charge in [0.25, 0.3) is 0 Å². The van der Waals surface area contributed by atoms with Crippen LogP contribution < -0.4 is 28.7 Å². The lowest BCUT2D eigenvalue weighted by molar-refractivity contribution is -0.121. The van der Waals surface area contributed by atoms with E-state index in [-0.39, 0.29) is 35.7 Å². The number of benzene rings is 6. The van der Waals surface area contributed by atoms with Crippen molar-refractivity contribution in [2.75, 3.05) is 52.5 Å². The summed E-state index contributed by atoms with van der Waals surface area (Å²) < 4.78 is 31.9. The Morgan fingerprint density at radius 1 is 0.463 bits per heavy atom. The molecule has 0 bridgehead atoms. The third-order valence-electron chi connectivity index (χ3n) is 13.5. The van der Waals surface area contributed by atoms with E-state index in [4.69, 9.17) is 28.4 Å². The molecule has 0 saturated carbocycles. The number of carbonyl (C=O) groups excluding carboxylic acids is 4. The second-order valence-electron chi connectivity index (χ2n) is 22.0. The molecule has 14 nitrogen and oxygen atoms in total. The fraction of sp³-hybridized carbons (Fsp3) is 0.324. The molecule has 14 heteroatoms. The number of aromatic nitrogens is 2. The van der Waals surface area contributed by atoms with Crippen molar-refractivity contribution < 1.29 is 47.6 Å². The lowest BCUT2D eigenvalue weighted by atomic mass is 9.91. The van der Waals surface area contributed by atoms with Gasteiger partial charge in [-0.1, -0.05) is 91.8 Å². The summed E-state index contributed by atoms with van der Waals surface area (Å²) in [6, 6.07) is 38.1. The van der Waals surface area contributed by atoms with Gasteiger partial charge in [0.05, 0.1) is 66.9 Å². The van der Waals surface area contributed by atoms with Crippen LogP contribution in [0.5, 0.6) is 23.0 Å². The molecule has 0 aliphatic carbocycles. The molecule has 8 rings (SSSR count). The predicted octanol–water partition coefficient (Wildman–Crippen LogP) is 15.0. The van der Waals surface area contributed by atoms with Gasteiger partial charge in [0.1, 0.15) is 34.6 Å². The van der Waals surface area contributed by atoms with Crippen LogP contribution in [0.25, 0.3) is 43.8 Å². The van der Waals surface area contributed by atoms with E-state index < -0.39 is 11.9 Å². The van der Waals surface area contributed by atoms with Gasteiger partial charge in [0.2, 0.25) is 11.8 Å². The number of hydrogen-bond acceptors (Lipinski definition) is 12. The van der Waals surface area contributed by atoms with Gasteiger partial charge in [-0.25, -0.2) is 19.6 Å². The maximum absolute atomic E-state index is 13.8. The van der Waals surface area contributed by atoms with Crippen molar-refractivity contribution in [1.29, 1.82) is 0 Å². The summed E-state index contributed by atoms with van der Waals surface area (Å²) >= 11 is 0. The van der Waals surface area contributed by atoms with Gasteiger partial charge in [0.15, 0.2) is 0 Å². The average molecular weight is 1110 g/mol. The number of aryl methyl sites for hydroxylation is 2. The lowest BCUT2D eigenvalue weighted by Gasteiger charge is -2.28. The first-order chi connectivity index (χ1) is 39.1. The van der Waals surface area contributed by atoms with Crippen LogP contribution in [-0.4, -0.2) is 76.4 Å². The zero-order chi connectivity index (χ0) is 60.1. The summed E-state index contributed by atoms with van der Waals surface area (Å²) in [5, 5.41) is 3.47. The molecule has 2 heterocycles. The highest BCUT2D eigenvalue weighted by molar-refractivity contribution is 6.04. The summed E-state index contributed by atoms with van der Waals surface area (Å²) in [5.41, 5.74) is 7.14. The topological polar surface area (TPSA) is 156 Å². The first-order valence-electron chi connectivity index (χ1n) is 27.3.